The van der Waals surface area contributed by atoms with E-state index in [0.29, 0.717) is 10.7 Å². The molecule has 0 atom stereocenters. The van der Waals surface area contributed by atoms with Crippen molar-refractivity contribution in [2.24, 2.45) is 0 Å². The molecule has 0 aliphatic carbocycles. The molecule has 25 heavy (non-hydrogen) atoms. The van der Waals surface area contributed by atoms with Crippen LogP contribution in [0.2, 0.25) is 5.02 Å². The van der Waals surface area contributed by atoms with E-state index in [0.717, 1.165) is 0 Å². The van der Waals surface area contributed by atoms with E-state index >= 15 is 0 Å². The van der Waals surface area contributed by atoms with Crippen molar-refractivity contribution in [3.8, 4) is 5.69 Å². The molecule has 1 N–H and O–H groups in total. The lowest BCUT2D eigenvalue weighted by molar-refractivity contribution is 0.0697. The molecule has 1 aromatic heterocycles. The topological polar surface area (TPSA) is 102 Å². The first-order chi connectivity index (χ1) is 11.8. The highest BCUT2D eigenvalue weighted by Crippen LogP contribution is 2.24. The zero-order valence-electron chi connectivity index (χ0n) is 12.9. The number of nitrogens with zero attached hydrogens (tertiary/aromatic N) is 3. The molecule has 0 fully saturated rings. The summed E-state index contributed by atoms with van der Waals surface area (Å²) in [4.78, 5) is 11.1. The summed E-state index contributed by atoms with van der Waals surface area (Å²) >= 11 is 5.79. The van der Waals surface area contributed by atoms with Crippen LogP contribution in [0.25, 0.3) is 5.69 Å². The molecule has 0 saturated heterocycles. The SMILES string of the molecule is Cc1c(S(=O)(=O)c2ccc(Cl)cc2)nnn1-c1cccc(C(=O)O)c1. The quantitative estimate of drug-likeness (QED) is 0.750. The number of halogens is 1. The fourth-order valence-electron chi connectivity index (χ4n) is 2.30. The number of carboxylic acids is 1. The lowest BCUT2D eigenvalue weighted by atomic mass is 10.2. The van der Waals surface area contributed by atoms with Gasteiger partial charge >= 0.3 is 5.97 Å². The molecule has 0 aliphatic rings. The lowest BCUT2D eigenvalue weighted by Crippen LogP contribution is -2.06. The number of carbonyl (C=O) groups is 1. The number of aromatic nitrogens is 3. The van der Waals surface area contributed by atoms with Gasteiger partial charge < -0.3 is 5.11 Å². The molecule has 0 radical (unpaired) electrons. The highest BCUT2D eigenvalue weighted by Gasteiger charge is 2.26. The van der Waals surface area contributed by atoms with Gasteiger partial charge in [0.25, 0.3) is 0 Å². The average molecular weight is 378 g/mol. The highest BCUT2D eigenvalue weighted by atomic mass is 35.5. The largest absolute Gasteiger partial charge is 0.478 e. The Morgan fingerprint density at radius 2 is 1.84 bits per heavy atom. The predicted octanol–water partition coefficient (Wildman–Crippen LogP) is 2.76. The van der Waals surface area contributed by atoms with E-state index < -0.39 is 15.8 Å². The molecule has 0 aliphatic heterocycles. The Labute approximate surface area is 148 Å². The van der Waals surface area contributed by atoms with Gasteiger partial charge in [-0.1, -0.05) is 22.9 Å². The summed E-state index contributed by atoms with van der Waals surface area (Å²) in [7, 11) is -3.87. The highest BCUT2D eigenvalue weighted by molar-refractivity contribution is 7.91. The Morgan fingerprint density at radius 1 is 1.16 bits per heavy atom. The Bertz CT molecular complexity index is 1060. The van der Waals surface area contributed by atoms with Crippen LogP contribution in [-0.4, -0.2) is 34.5 Å². The number of aromatic carboxylic acids is 1. The van der Waals surface area contributed by atoms with Crippen molar-refractivity contribution in [2.45, 2.75) is 16.8 Å². The minimum absolute atomic E-state index is 0.0475. The van der Waals surface area contributed by atoms with Gasteiger partial charge in [0.15, 0.2) is 0 Å². The minimum atomic E-state index is -3.87. The summed E-state index contributed by atoms with van der Waals surface area (Å²) in [5.41, 5.74) is 0.745. The van der Waals surface area contributed by atoms with E-state index in [9.17, 15) is 13.2 Å². The summed E-state index contributed by atoms with van der Waals surface area (Å²) in [5.74, 6) is -1.09. The second-order valence-corrected chi connectivity index (χ2v) is 7.51. The molecule has 0 bridgehead atoms. The Balaban J connectivity index is 2.08. The summed E-state index contributed by atoms with van der Waals surface area (Å²) in [6, 6.07) is 11.7. The van der Waals surface area contributed by atoms with Crippen molar-refractivity contribution in [3.63, 3.8) is 0 Å². The van der Waals surface area contributed by atoms with Crippen molar-refractivity contribution in [1.29, 1.82) is 0 Å². The Kier molecular flexibility index (Phi) is 4.32. The third-order valence-corrected chi connectivity index (χ3v) is 5.60. The monoisotopic (exact) mass is 377 g/mol. The first-order valence-corrected chi connectivity index (χ1v) is 8.93. The van der Waals surface area contributed by atoms with Gasteiger partial charge in [0.05, 0.1) is 21.8 Å². The van der Waals surface area contributed by atoms with Crippen LogP contribution >= 0.6 is 11.6 Å². The molecule has 0 saturated carbocycles. The van der Waals surface area contributed by atoms with E-state index in [2.05, 4.69) is 10.3 Å². The number of hydrogen-bond acceptors (Lipinski definition) is 5. The smallest absolute Gasteiger partial charge is 0.335 e. The molecule has 2 aromatic carbocycles. The maximum atomic E-state index is 12.7. The van der Waals surface area contributed by atoms with Crippen molar-refractivity contribution < 1.29 is 18.3 Å². The average Bonchev–Trinajstić information content (AvgIpc) is 2.97. The van der Waals surface area contributed by atoms with Crippen LogP contribution < -0.4 is 0 Å². The molecular weight excluding hydrogens is 366 g/mol. The molecule has 0 amide bonds. The van der Waals surface area contributed by atoms with Crippen LogP contribution in [0.5, 0.6) is 0 Å². The molecule has 1 heterocycles. The van der Waals surface area contributed by atoms with Crippen molar-refractivity contribution in [1.82, 2.24) is 15.0 Å². The first-order valence-electron chi connectivity index (χ1n) is 7.07. The van der Waals surface area contributed by atoms with Gasteiger partial charge in [-0.2, -0.15) is 0 Å². The molecule has 9 heteroatoms. The van der Waals surface area contributed by atoms with E-state index in [1.165, 1.54) is 41.1 Å². The van der Waals surface area contributed by atoms with Crippen molar-refractivity contribution in [3.05, 3.63) is 64.8 Å². The maximum absolute atomic E-state index is 12.7. The fourth-order valence-corrected chi connectivity index (χ4v) is 3.77. The summed E-state index contributed by atoms with van der Waals surface area (Å²) in [5, 5.41) is 16.9. The lowest BCUT2D eigenvalue weighted by Gasteiger charge is -2.06. The van der Waals surface area contributed by atoms with Crippen LogP contribution in [0, 0.1) is 6.92 Å². The second-order valence-electron chi connectivity index (χ2n) is 5.20. The van der Waals surface area contributed by atoms with Crippen molar-refractivity contribution in [2.75, 3.05) is 0 Å². The summed E-state index contributed by atoms with van der Waals surface area (Å²) in [6.45, 7) is 1.55. The zero-order valence-corrected chi connectivity index (χ0v) is 14.5. The maximum Gasteiger partial charge on any atom is 0.335 e. The van der Waals surface area contributed by atoms with Crippen LogP contribution in [0.1, 0.15) is 16.1 Å². The minimum Gasteiger partial charge on any atom is -0.478 e. The van der Waals surface area contributed by atoms with Crippen molar-refractivity contribution >= 4 is 27.4 Å². The second kappa shape index (κ2) is 6.30. The molecule has 0 spiro atoms. The van der Waals surface area contributed by atoms with Gasteiger partial charge in [0.2, 0.25) is 14.9 Å². The van der Waals surface area contributed by atoms with Crippen LogP contribution in [0.3, 0.4) is 0 Å². The molecule has 3 rings (SSSR count). The number of hydrogen-bond donors (Lipinski definition) is 1. The standard InChI is InChI=1S/C16H12ClN3O4S/c1-10-15(25(23,24)14-7-5-12(17)6-8-14)18-19-20(10)13-4-2-3-11(9-13)16(21)22/h2-9H,1H3,(H,21,22). The van der Waals surface area contributed by atoms with E-state index in [1.807, 2.05) is 0 Å². The van der Waals surface area contributed by atoms with Gasteiger partial charge in [-0.05, 0) is 49.4 Å². The normalized spacial score (nSPS) is 11.4. The van der Waals surface area contributed by atoms with Gasteiger partial charge in [-0.25, -0.2) is 17.9 Å². The molecule has 128 valence electrons. The Hall–Kier alpha value is -2.71. The van der Waals surface area contributed by atoms with Crippen LogP contribution in [-0.2, 0) is 9.84 Å². The third kappa shape index (κ3) is 3.13. The number of carboxylic acid groups (broad SMARTS) is 1. The molecule has 3 aromatic rings. The van der Waals surface area contributed by atoms with E-state index in [4.69, 9.17) is 16.7 Å². The molecule has 7 nitrogen and oxygen atoms in total. The first kappa shape index (κ1) is 17.1. The van der Waals surface area contributed by atoms with Gasteiger partial charge in [-0.3, -0.25) is 0 Å². The predicted molar refractivity (Wildman–Crippen MR) is 90.0 cm³/mol. The number of rotatable bonds is 4. The van der Waals surface area contributed by atoms with Gasteiger partial charge in [0.1, 0.15) is 0 Å². The number of sulfone groups is 1. The summed E-state index contributed by atoms with van der Waals surface area (Å²) < 4.78 is 26.8. The third-order valence-electron chi connectivity index (χ3n) is 3.57. The zero-order chi connectivity index (χ0) is 18.2. The van der Waals surface area contributed by atoms with E-state index in [-0.39, 0.29) is 21.2 Å². The fraction of sp³-hybridized carbons (Fsp3) is 0.0625. The number of benzene rings is 2. The molecular formula is C16H12ClN3O4S. The molecule has 0 unspecified atom stereocenters. The van der Waals surface area contributed by atoms with Gasteiger partial charge in [0, 0.05) is 5.02 Å². The van der Waals surface area contributed by atoms with Crippen LogP contribution in [0.15, 0.2) is 58.5 Å². The Morgan fingerprint density at radius 3 is 2.48 bits per heavy atom. The van der Waals surface area contributed by atoms with Gasteiger partial charge in [-0.15, -0.1) is 5.10 Å². The summed E-state index contributed by atoms with van der Waals surface area (Å²) in [6.07, 6.45) is 0. The van der Waals surface area contributed by atoms with E-state index in [1.54, 1.807) is 19.1 Å². The van der Waals surface area contributed by atoms with Crippen LogP contribution in [0.4, 0.5) is 0 Å².